The number of amides is 1. The molecule has 1 aliphatic carbocycles. The Morgan fingerprint density at radius 1 is 1.25 bits per heavy atom. The molecule has 2 heterocycles. The van der Waals surface area contributed by atoms with E-state index in [1.54, 1.807) is 29.7 Å². The van der Waals surface area contributed by atoms with Crippen molar-refractivity contribution in [1.82, 2.24) is 9.88 Å². The highest BCUT2D eigenvalue weighted by Gasteiger charge is 2.33. The van der Waals surface area contributed by atoms with E-state index in [2.05, 4.69) is 4.98 Å². The molecule has 6 heteroatoms. The van der Waals surface area contributed by atoms with Crippen LogP contribution < -0.4 is 0 Å². The van der Waals surface area contributed by atoms with E-state index in [4.69, 9.17) is 0 Å². The van der Waals surface area contributed by atoms with Crippen LogP contribution in [0.3, 0.4) is 0 Å². The Kier molecular flexibility index (Phi) is 4.16. The molecule has 24 heavy (non-hydrogen) atoms. The van der Waals surface area contributed by atoms with Gasteiger partial charge in [0.1, 0.15) is 15.7 Å². The molecule has 0 atom stereocenters. The van der Waals surface area contributed by atoms with Crippen molar-refractivity contribution >= 4 is 28.6 Å². The van der Waals surface area contributed by atoms with Gasteiger partial charge in [0, 0.05) is 12.6 Å². The quantitative estimate of drug-likeness (QED) is 0.655. The highest BCUT2D eigenvalue weighted by molar-refractivity contribution is 7.21. The summed E-state index contributed by atoms with van der Waals surface area (Å²) in [4.78, 5) is 20.9. The highest BCUT2D eigenvalue weighted by atomic mass is 32.1. The third-order valence-corrected chi connectivity index (χ3v) is 5.99. The number of halogens is 1. The number of aromatic nitrogens is 1. The van der Waals surface area contributed by atoms with Gasteiger partial charge in [0.2, 0.25) is 0 Å². The maximum Gasteiger partial charge on any atom is 0.266 e. The van der Waals surface area contributed by atoms with Gasteiger partial charge in [-0.1, -0.05) is 18.2 Å². The highest BCUT2D eigenvalue weighted by Crippen LogP contribution is 2.33. The second kappa shape index (κ2) is 6.45. The number of benzene rings is 1. The van der Waals surface area contributed by atoms with Gasteiger partial charge in [0.05, 0.1) is 11.1 Å². The van der Waals surface area contributed by atoms with Crippen molar-refractivity contribution in [3.8, 4) is 9.88 Å². The van der Waals surface area contributed by atoms with E-state index >= 15 is 0 Å². The van der Waals surface area contributed by atoms with Gasteiger partial charge in [-0.3, -0.25) is 4.79 Å². The van der Waals surface area contributed by atoms with Crippen LogP contribution >= 0.6 is 22.7 Å². The van der Waals surface area contributed by atoms with Gasteiger partial charge in [-0.25, -0.2) is 9.37 Å². The minimum atomic E-state index is -0.258. The van der Waals surface area contributed by atoms with Crippen LogP contribution in [0.2, 0.25) is 0 Å². The summed E-state index contributed by atoms with van der Waals surface area (Å²) in [7, 11) is 0. The molecule has 0 spiro atoms. The minimum Gasteiger partial charge on any atom is -0.331 e. The lowest BCUT2D eigenvalue weighted by atomic mass is 10.2. The van der Waals surface area contributed by atoms with Crippen molar-refractivity contribution in [3.05, 3.63) is 64.2 Å². The summed E-state index contributed by atoms with van der Waals surface area (Å²) in [6, 6.07) is 10.6. The molecule has 0 N–H and O–H groups in total. The van der Waals surface area contributed by atoms with Crippen LogP contribution in [0, 0.1) is 5.82 Å². The molecule has 1 aromatic carbocycles. The van der Waals surface area contributed by atoms with Crippen molar-refractivity contribution in [3.63, 3.8) is 0 Å². The summed E-state index contributed by atoms with van der Waals surface area (Å²) in [5.41, 5.74) is 0.944. The predicted molar refractivity (Wildman–Crippen MR) is 94.7 cm³/mol. The fourth-order valence-corrected chi connectivity index (χ4v) is 4.24. The van der Waals surface area contributed by atoms with E-state index < -0.39 is 0 Å². The van der Waals surface area contributed by atoms with Crippen molar-refractivity contribution in [2.24, 2.45) is 0 Å². The van der Waals surface area contributed by atoms with Gasteiger partial charge in [0.25, 0.3) is 5.91 Å². The molecule has 1 aliphatic rings. The molecule has 0 saturated heterocycles. The molecule has 0 bridgehead atoms. The number of thiophene rings is 1. The number of carbonyl (C=O) groups excluding carboxylic acids is 1. The first kappa shape index (κ1) is 15.5. The maximum absolute atomic E-state index is 13.1. The predicted octanol–water partition coefficient (Wildman–Crippen LogP) is 4.82. The zero-order chi connectivity index (χ0) is 16.5. The van der Waals surface area contributed by atoms with Gasteiger partial charge < -0.3 is 4.90 Å². The largest absolute Gasteiger partial charge is 0.331 e. The smallest absolute Gasteiger partial charge is 0.266 e. The van der Waals surface area contributed by atoms with E-state index in [-0.39, 0.29) is 17.8 Å². The molecule has 1 fully saturated rings. The van der Waals surface area contributed by atoms with Crippen LogP contribution in [-0.2, 0) is 6.54 Å². The normalized spacial score (nSPS) is 13.9. The molecule has 2 aromatic heterocycles. The Balaban J connectivity index is 1.55. The van der Waals surface area contributed by atoms with E-state index in [1.807, 2.05) is 22.4 Å². The van der Waals surface area contributed by atoms with Crippen LogP contribution in [0.5, 0.6) is 0 Å². The third kappa shape index (κ3) is 3.25. The Hall–Kier alpha value is -2.05. The van der Waals surface area contributed by atoms with Gasteiger partial charge in [0.15, 0.2) is 0 Å². The summed E-state index contributed by atoms with van der Waals surface area (Å²) < 4.78 is 13.1. The fraction of sp³-hybridized carbons (Fsp3) is 0.222. The Morgan fingerprint density at radius 3 is 2.71 bits per heavy atom. The SMILES string of the molecule is O=C(c1cnc(-c2cccs2)s1)N(Cc1ccc(F)cc1)C1CC1. The number of hydrogen-bond acceptors (Lipinski definition) is 4. The average molecular weight is 358 g/mol. The second-order valence-corrected chi connectivity index (χ2v) is 7.78. The van der Waals surface area contributed by atoms with E-state index in [1.165, 1.54) is 23.5 Å². The van der Waals surface area contributed by atoms with Crippen LogP contribution in [0.1, 0.15) is 28.1 Å². The number of thiazole rings is 1. The van der Waals surface area contributed by atoms with Gasteiger partial charge >= 0.3 is 0 Å². The topological polar surface area (TPSA) is 33.2 Å². The first-order chi connectivity index (χ1) is 11.7. The lowest BCUT2D eigenvalue weighted by molar-refractivity contribution is 0.0734. The molecule has 122 valence electrons. The first-order valence-electron chi connectivity index (χ1n) is 7.76. The summed E-state index contributed by atoms with van der Waals surface area (Å²) in [5, 5.41) is 2.88. The molecule has 0 unspecified atom stereocenters. The van der Waals surface area contributed by atoms with Gasteiger partial charge in [-0.05, 0) is 42.0 Å². The number of hydrogen-bond donors (Lipinski definition) is 0. The standard InChI is InChI=1S/C18H15FN2OS2/c19-13-5-3-12(4-6-13)11-21(14-7-8-14)18(22)16-10-20-17(24-16)15-2-1-9-23-15/h1-6,9-10,14H,7-8,11H2. The Bertz CT molecular complexity index is 838. The molecule has 0 aliphatic heterocycles. The first-order valence-corrected chi connectivity index (χ1v) is 9.45. The molecular weight excluding hydrogens is 343 g/mol. The van der Waals surface area contributed by atoms with Gasteiger partial charge in [-0.2, -0.15) is 0 Å². The zero-order valence-electron chi connectivity index (χ0n) is 12.8. The van der Waals surface area contributed by atoms with Crippen molar-refractivity contribution in [1.29, 1.82) is 0 Å². The molecular formula is C18H15FN2OS2. The van der Waals surface area contributed by atoms with E-state index in [0.717, 1.165) is 28.3 Å². The molecule has 0 radical (unpaired) electrons. The van der Waals surface area contributed by atoms with Crippen molar-refractivity contribution in [2.45, 2.75) is 25.4 Å². The summed E-state index contributed by atoms with van der Waals surface area (Å²) in [6.07, 6.45) is 3.73. The number of nitrogens with zero attached hydrogens (tertiary/aromatic N) is 2. The van der Waals surface area contributed by atoms with Crippen LogP contribution in [0.15, 0.2) is 48.0 Å². The zero-order valence-corrected chi connectivity index (χ0v) is 14.4. The summed E-state index contributed by atoms with van der Waals surface area (Å²) in [6.45, 7) is 0.510. The molecule has 1 amide bonds. The lowest BCUT2D eigenvalue weighted by Crippen LogP contribution is -2.32. The van der Waals surface area contributed by atoms with Crippen LogP contribution in [0.25, 0.3) is 9.88 Å². The molecule has 4 rings (SSSR count). The van der Waals surface area contributed by atoms with Crippen LogP contribution in [-0.4, -0.2) is 21.8 Å². The summed E-state index contributed by atoms with van der Waals surface area (Å²) in [5.74, 6) is -0.242. The molecule has 3 aromatic rings. The Labute approximate surface area is 147 Å². The van der Waals surface area contributed by atoms with E-state index in [0.29, 0.717) is 11.4 Å². The van der Waals surface area contributed by atoms with Crippen LogP contribution in [0.4, 0.5) is 4.39 Å². The maximum atomic E-state index is 13.1. The molecule has 3 nitrogen and oxygen atoms in total. The van der Waals surface area contributed by atoms with Crippen molar-refractivity contribution < 1.29 is 9.18 Å². The second-order valence-electron chi connectivity index (χ2n) is 5.80. The van der Waals surface area contributed by atoms with Gasteiger partial charge in [-0.15, -0.1) is 22.7 Å². The lowest BCUT2D eigenvalue weighted by Gasteiger charge is -2.21. The fourth-order valence-electron chi connectivity index (χ4n) is 2.57. The van der Waals surface area contributed by atoms with E-state index in [9.17, 15) is 9.18 Å². The van der Waals surface area contributed by atoms with Crippen molar-refractivity contribution in [2.75, 3.05) is 0 Å². The monoisotopic (exact) mass is 358 g/mol. The summed E-state index contributed by atoms with van der Waals surface area (Å²) >= 11 is 3.05. The minimum absolute atomic E-state index is 0.0159. The third-order valence-electron chi connectivity index (χ3n) is 3.96. The number of carbonyl (C=O) groups is 1. The average Bonchev–Trinajstić information content (AvgIpc) is 3.09. The number of rotatable bonds is 5. The Morgan fingerprint density at radius 2 is 2.04 bits per heavy atom. The molecule has 1 saturated carbocycles.